The Morgan fingerprint density at radius 3 is 2.28 bits per heavy atom. The molecular weight excluding hydrogens is 504 g/mol. The maximum absolute atomic E-state index is 12.7. The van der Waals surface area contributed by atoms with E-state index in [1.165, 1.54) is 12.0 Å². The minimum Gasteiger partial charge on any atom is -0.493 e. The van der Waals surface area contributed by atoms with Crippen molar-refractivity contribution in [3.63, 3.8) is 0 Å². The Morgan fingerprint density at radius 2 is 1.64 bits per heavy atom. The summed E-state index contributed by atoms with van der Waals surface area (Å²) in [6, 6.07) is 11.1. The molecule has 212 valence electrons. The second kappa shape index (κ2) is 13.0. The van der Waals surface area contributed by atoms with Gasteiger partial charge in [0.25, 0.3) is 0 Å². The van der Waals surface area contributed by atoms with Crippen LogP contribution in [0.2, 0.25) is 0 Å². The van der Waals surface area contributed by atoms with Gasteiger partial charge in [-0.05, 0) is 54.7 Å². The maximum atomic E-state index is 12.7. The van der Waals surface area contributed by atoms with E-state index in [4.69, 9.17) is 23.7 Å². The Balaban J connectivity index is 1.37. The summed E-state index contributed by atoms with van der Waals surface area (Å²) in [5.41, 5.74) is 1.92. The normalized spacial score (nSPS) is 20.9. The van der Waals surface area contributed by atoms with E-state index in [1.54, 1.807) is 33.4 Å². The lowest BCUT2D eigenvalue weighted by Gasteiger charge is -2.22. The number of β-amino-alcohol motifs (C(OH)–C–C–N with tert-alkyl or cyclic N) is 1. The van der Waals surface area contributed by atoms with Crippen molar-refractivity contribution in [2.24, 2.45) is 11.8 Å². The van der Waals surface area contributed by atoms with Crippen molar-refractivity contribution in [3.8, 4) is 23.0 Å². The van der Waals surface area contributed by atoms with Crippen LogP contribution in [0.3, 0.4) is 0 Å². The van der Waals surface area contributed by atoms with Crippen LogP contribution in [-0.4, -0.2) is 94.2 Å². The predicted octanol–water partition coefficient (Wildman–Crippen LogP) is 2.78. The predicted molar refractivity (Wildman–Crippen MR) is 144 cm³/mol. The number of hydrogen-bond acceptors (Lipinski definition) is 9. The second-order valence-electron chi connectivity index (χ2n) is 10.1. The van der Waals surface area contributed by atoms with Gasteiger partial charge in [0.1, 0.15) is 0 Å². The number of likely N-dealkylation sites (N-methyl/N-ethyl adjacent to an activating group) is 1. The summed E-state index contributed by atoms with van der Waals surface area (Å²) in [4.78, 5) is 28.9. The number of esters is 1. The van der Waals surface area contributed by atoms with Gasteiger partial charge in [-0.15, -0.1) is 0 Å². The number of aliphatic hydroxyl groups is 1. The van der Waals surface area contributed by atoms with E-state index in [2.05, 4.69) is 4.90 Å². The molecule has 0 radical (unpaired) electrons. The van der Waals surface area contributed by atoms with Crippen LogP contribution in [-0.2, 0) is 22.4 Å². The van der Waals surface area contributed by atoms with Crippen molar-refractivity contribution in [2.75, 3.05) is 61.2 Å². The van der Waals surface area contributed by atoms with Gasteiger partial charge in [0.05, 0.1) is 40.0 Å². The third kappa shape index (κ3) is 7.13. The number of methoxy groups -OCH3 is 3. The summed E-state index contributed by atoms with van der Waals surface area (Å²) in [7, 11) is 6.39. The molecule has 10 heteroatoms. The molecule has 2 fully saturated rings. The number of likely N-dealkylation sites (tertiary alicyclic amines) is 1. The maximum Gasteiger partial charge on any atom is 0.415 e. The minimum absolute atomic E-state index is 0.00414. The van der Waals surface area contributed by atoms with Crippen LogP contribution < -0.4 is 18.9 Å². The summed E-state index contributed by atoms with van der Waals surface area (Å²) in [5.74, 6) is 1.50. The molecule has 0 bridgehead atoms. The molecule has 0 saturated carbocycles. The van der Waals surface area contributed by atoms with Crippen LogP contribution in [0, 0.1) is 11.8 Å². The Bertz CT molecular complexity index is 1160. The second-order valence-corrected chi connectivity index (χ2v) is 10.1. The van der Waals surface area contributed by atoms with Gasteiger partial charge in [-0.3, -0.25) is 9.69 Å². The smallest absolute Gasteiger partial charge is 0.415 e. The molecule has 0 spiro atoms. The van der Waals surface area contributed by atoms with Crippen LogP contribution in [0.25, 0.3) is 0 Å². The summed E-state index contributed by atoms with van der Waals surface area (Å²) >= 11 is 0. The monoisotopic (exact) mass is 542 g/mol. The van der Waals surface area contributed by atoms with Gasteiger partial charge in [-0.25, -0.2) is 4.79 Å². The summed E-state index contributed by atoms with van der Waals surface area (Å²) < 4.78 is 27.3. The lowest BCUT2D eigenvalue weighted by Crippen LogP contribution is -2.37. The Labute approximate surface area is 229 Å². The van der Waals surface area contributed by atoms with Gasteiger partial charge in [-0.2, -0.15) is 0 Å². The van der Waals surface area contributed by atoms with Gasteiger partial charge in [0.15, 0.2) is 23.0 Å². The van der Waals surface area contributed by atoms with Gasteiger partial charge in [-0.1, -0.05) is 12.1 Å². The van der Waals surface area contributed by atoms with Gasteiger partial charge in [0.2, 0.25) is 0 Å². The first-order valence-electron chi connectivity index (χ1n) is 13.2. The average molecular weight is 543 g/mol. The fourth-order valence-corrected chi connectivity index (χ4v) is 5.11. The molecular formula is C29H38N2O8. The summed E-state index contributed by atoms with van der Waals surface area (Å²) in [6.45, 7) is 2.95. The van der Waals surface area contributed by atoms with Crippen molar-refractivity contribution < 1.29 is 38.4 Å². The number of aliphatic hydroxyl groups excluding tert-OH is 1. The highest BCUT2D eigenvalue weighted by Crippen LogP contribution is 2.35. The van der Waals surface area contributed by atoms with Crippen LogP contribution in [0.15, 0.2) is 36.4 Å². The highest BCUT2D eigenvalue weighted by Gasteiger charge is 2.37. The third-order valence-electron chi connectivity index (χ3n) is 7.45. The molecule has 0 unspecified atom stereocenters. The molecule has 39 heavy (non-hydrogen) atoms. The largest absolute Gasteiger partial charge is 0.493 e. The first-order valence-corrected chi connectivity index (χ1v) is 13.2. The molecule has 10 nitrogen and oxygen atoms in total. The quantitative estimate of drug-likeness (QED) is 0.429. The van der Waals surface area contributed by atoms with E-state index in [9.17, 15) is 14.7 Å². The van der Waals surface area contributed by atoms with E-state index in [0.717, 1.165) is 24.1 Å². The fourth-order valence-electron chi connectivity index (χ4n) is 5.11. The van der Waals surface area contributed by atoms with Gasteiger partial charge in [0, 0.05) is 39.1 Å². The number of hydrogen-bond donors (Lipinski definition) is 1. The first-order chi connectivity index (χ1) is 18.8. The number of carbonyl (C=O) groups excluding carboxylic acids is 2. The molecule has 2 aromatic rings. The molecule has 3 atom stereocenters. The molecule has 4 rings (SSSR count). The molecule has 2 saturated heterocycles. The number of ether oxygens (including phenoxy) is 5. The Hall–Kier alpha value is -3.50. The van der Waals surface area contributed by atoms with Crippen LogP contribution in [0.1, 0.15) is 17.5 Å². The third-order valence-corrected chi connectivity index (χ3v) is 7.45. The molecule has 0 aromatic heterocycles. The van der Waals surface area contributed by atoms with Crippen LogP contribution in [0.4, 0.5) is 4.79 Å². The standard InChI is InChI=1S/C29H38N2O8/c1-30(11-12-31-10-9-22(32)17-31)29(34)39-25-8-6-20(16-27(25)37-4)14-23-21(18-38-28(23)33)13-19-5-7-24(35-2)26(15-19)36-3/h5-8,15-16,21-23,32H,9-14,17-18H2,1-4H3/t21-,22-,23+/m0/s1. The van der Waals surface area contributed by atoms with Crippen molar-refractivity contribution in [3.05, 3.63) is 47.5 Å². The molecule has 0 aliphatic carbocycles. The number of cyclic esters (lactones) is 1. The topological polar surface area (TPSA) is 107 Å². The Morgan fingerprint density at radius 1 is 1.00 bits per heavy atom. The minimum atomic E-state index is -0.491. The summed E-state index contributed by atoms with van der Waals surface area (Å²) in [6.07, 6.45) is 1.11. The van der Waals surface area contributed by atoms with E-state index in [1.807, 2.05) is 24.3 Å². The first kappa shape index (κ1) is 28.5. The zero-order valence-corrected chi connectivity index (χ0v) is 23.1. The van der Waals surface area contributed by atoms with E-state index < -0.39 is 6.09 Å². The number of carbonyl (C=O) groups is 2. The SMILES string of the molecule is COc1ccc(C[C@H]2COC(=O)[C@@H]2Cc2ccc(OC(=O)N(C)CCN3CC[C@H](O)C3)c(OC)c2)cc1OC. The molecule has 2 aromatic carbocycles. The number of rotatable bonds is 11. The number of amides is 1. The van der Waals surface area contributed by atoms with Crippen LogP contribution >= 0.6 is 0 Å². The molecule has 2 aliphatic rings. The summed E-state index contributed by atoms with van der Waals surface area (Å²) in [5, 5.41) is 9.68. The van der Waals surface area contributed by atoms with E-state index >= 15 is 0 Å². The van der Waals surface area contributed by atoms with Gasteiger partial charge >= 0.3 is 12.1 Å². The highest BCUT2D eigenvalue weighted by atomic mass is 16.6. The lowest BCUT2D eigenvalue weighted by atomic mass is 9.85. The van der Waals surface area contributed by atoms with Crippen molar-refractivity contribution in [1.82, 2.24) is 9.80 Å². The zero-order chi connectivity index (χ0) is 27.9. The number of nitrogens with zero attached hydrogens (tertiary/aromatic N) is 2. The Kier molecular flexibility index (Phi) is 9.53. The fraction of sp³-hybridized carbons (Fsp3) is 0.517. The molecule has 1 N–H and O–H groups in total. The van der Waals surface area contributed by atoms with Crippen LogP contribution in [0.5, 0.6) is 23.0 Å². The van der Waals surface area contributed by atoms with Crippen molar-refractivity contribution >= 4 is 12.1 Å². The van der Waals surface area contributed by atoms with E-state index in [0.29, 0.717) is 62.1 Å². The van der Waals surface area contributed by atoms with E-state index in [-0.39, 0.29) is 23.9 Å². The lowest BCUT2D eigenvalue weighted by molar-refractivity contribution is -0.141. The van der Waals surface area contributed by atoms with Gasteiger partial charge < -0.3 is 33.7 Å². The molecule has 2 heterocycles. The molecule has 2 aliphatic heterocycles. The number of benzene rings is 2. The van der Waals surface area contributed by atoms with Crippen molar-refractivity contribution in [1.29, 1.82) is 0 Å². The molecule has 1 amide bonds. The van der Waals surface area contributed by atoms with Crippen molar-refractivity contribution in [2.45, 2.75) is 25.4 Å². The average Bonchev–Trinajstić information content (AvgIpc) is 3.52. The highest BCUT2D eigenvalue weighted by molar-refractivity contribution is 5.75. The zero-order valence-electron chi connectivity index (χ0n) is 23.1.